The Bertz CT molecular complexity index is 520. The van der Waals surface area contributed by atoms with Gasteiger partial charge in [-0.15, -0.1) is 0 Å². The third kappa shape index (κ3) is 4.38. The van der Waals surface area contributed by atoms with Crippen molar-refractivity contribution in [2.75, 3.05) is 25.1 Å². The van der Waals surface area contributed by atoms with Gasteiger partial charge < -0.3 is 15.8 Å². The topological polar surface area (TPSA) is 59.6 Å². The van der Waals surface area contributed by atoms with Crippen LogP contribution >= 0.6 is 0 Å². The van der Waals surface area contributed by atoms with Crippen LogP contribution in [0, 0.1) is 13.8 Å². The van der Waals surface area contributed by atoms with Gasteiger partial charge >= 0.3 is 0 Å². The van der Waals surface area contributed by atoms with Crippen LogP contribution in [-0.4, -0.2) is 25.7 Å². The highest BCUT2D eigenvalue weighted by Gasteiger charge is 2.03. The molecule has 1 aliphatic heterocycles. The van der Waals surface area contributed by atoms with Crippen LogP contribution in [0.25, 0.3) is 0 Å². The lowest BCUT2D eigenvalue weighted by Crippen LogP contribution is -2.23. The van der Waals surface area contributed by atoms with Crippen LogP contribution in [0.15, 0.2) is 34.8 Å². The third-order valence-corrected chi connectivity index (χ3v) is 3.55. The summed E-state index contributed by atoms with van der Waals surface area (Å²) < 4.78 is 5.28. The van der Waals surface area contributed by atoms with Gasteiger partial charge in [0.05, 0.1) is 13.2 Å². The Labute approximate surface area is 120 Å². The molecule has 1 aliphatic rings. The molecule has 4 nitrogen and oxygen atoms in total. The minimum Gasteiger partial charge on any atom is -0.377 e. The Morgan fingerprint density at radius 2 is 2.20 bits per heavy atom. The van der Waals surface area contributed by atoms with Gasteiger partial charge in [-0.05, 0) is 49.9 Å². The number of hydrogen-bond acceptors (Lipinski definition) is 2. The number of guanidine groups is 1. The highest BCUT2D eigenvalue weighted by molar-refractivity contribution is 5.92. The van der Waals surface area contributed by atoms with Crippen LogP contribution in [0.4, 0.5) is 5.69 Å². The SMILES string of the molecule is Cc1ccc(NC(N)=NCCC2=CCOCC2)cc1C. The van der Waals surface area contributed by atoms with Gasteiger partial charge in [-0.1, -0.05) is 17.7 Å². The first kappa shape index (κ1) is 14.6. The Balaban J connectivity index is 1.84. The van der Waals surface area contributed by atoms with Gasteiger partial charge in [0.15, 0.2) is 5.96 Å². The number of rotatable bonds is 4. The van der Waals surface area contributed by atoms with E-state index in [2.05, 4.69) is 42.4 Å². The molecule has 1 aromatic rings. The van der Waals surface area contributed by atoms with Gasteiger partial charge in [0.2, 0.25) is 0 Å². The summed E-state index contributed by atoms with van der Waals surface area (Å²) in [6.45, 7) is 6.46. The summed E-state index contributed by atoms with van der Waals surface area (Å²) in [5.41, 5.74) is 10.8. The molecule has 0 aliphatic carbocycles. The van der Waals surface area contributed by atoms with Crippen LogP contribution in [0.2, 0.25) is 0 Å². The first-order chi connectivity index (χ1) is 9.65. The zero-order valence-corrected chi connectivity index (χ0v) is 12.3. The van der Waals surface area contributed by atoms with Crippen LogP contribution in [0.3, 0.4) is 0 Å². The van der Waals surface area contributed by atoms with Crippen molar-refractivity contribution >= 4 is 11.6 Å². The lowest BCUT2D eigenvalue weighted by Gasteiger charge is -2.12. The van der Waals surface area contributed by atoms with Crippen molar-refractivity contribution in [1.29, 1.82) is 0 Å². The van der Waals surface area contributed by atoms with E-state index in [1.165, 1.54) is 16.7 Å². The van der Waals surface area contributed by atoms with E-state index in [1.807, 2.05) is 6.07 Å². The van der Waals surface area contributed by atoms with Gasteiger partial charge in [-0.3, -0.25) is 4.99 Å². The van der Waals surface area contributed by atoms with E-state index in [4.69, 9.17) is 10.5 Å². The highest BCUT2D eigenvalue weighted by Crippen LogP contribution is 2.14. The number of anilines is 1. The maximum atomic E-state index is 5.90. The minimum absolute atomic E-state index is 0.473. The second-order valence-electron chi connectivity index (χ2n) is 5.13. The van der Waals surface area contributed by atoms with Crippen molar-refractivity contribution in [3.8, 4) is 0 Å². The normalized spacial score (nSPS) is 15.9. The van der Waals surface area contributed by atoms with Crippen LogP contribution < -0.4 is 11.1 Å². The van der Waals surface area contributed by atoms with E-state index in [-0.39, 0.29) is 0 Å². The van der Waals surface area contributed by atoms with E-state index in [0.29, 0.717) is 5.96 Å². The Morgan fingerprint density at radius 1 is 1.35 bits per heavy atom. The highest BCUT2D eigenvalue weighted by atomic mass is 16.5. The molecule has 0 atom stereocenters. The molecule has 0 amide bonds. The van der Waals surface area contributed by atoms with E-state index >= 15 is 0 Å². The fraction of sp³-hybridized carbons (Fsp3) is 0.438. The molecular weight excluding hydrogens is 250 g/mol. The van der Waals surface area contributed by atoms with Crippen LogP contribution in [0.1, 0.15) is 24.0 Å². The molecule has 20 heavy (non-hydrogen) atoms. The third-order valence-electron chi connectivity index (χ3n) is 3.55. The lowest BCUT2D eigenvalue weighted by atomic mass is 10.1. The average Bonchev–Trinajstić information content (AvgIpc) is 2.44. The van der Waals surface area contributed by atoms with Crippen molar-refractivity contribution < 1.29 is 4.74 Å². The van der Waals surface area contributed by atoms with Gasteiger partial charge in [0.25, 0.3) is 0 Å². The molecular formula is C16H23N3O. The van der Waals surface area contributed by atoms with Crippen LogP contribution in [0.5, 0.6) is 0 Å². The summed E-state index contributed by atoms with van der Waals surface area (Å²) in [7, 11) is 0. The molecule has 0 spiro atoms. The second-order valence-corrected chi connectivity index (χ2v) is 5.13. The lowest BCUT2D eigenvalue weighted by molar-refractivity contribution is 0.153. The number of benzene rings is 1. The molecule has 1 aromatic carbocycles. The fourth-order valence-corrected chi connectivity index (χ4v) is 2.12. The van der Waals surface area contributed by atoms with E-state index in [1.54, 1.807) is 0 Å². The number of aliphatic imine (C=N–C) groups is 1. The largest absolute Gasteiger partial charge is 0.377 e. The Kier molecular flexibility index (Phi) is 5.18. The number of hydrogen-bond donors (Lipinski definition) is 2. The molecule has 0 saturated carbocycles. The quantitative estimate of drug-likeness (QED) is 0.504. The minimum atomic E-state index is 0.473. The predicted octanol–water partition coefficient (Wildman–Crippen LogP) is 2.77. The van der Waals surface area contributed by atoms with Crippen LogP contribution in [-0.2, 0) is 4.74 Å². The molecule has 2 rings (SSSR count). The summed E-state index contributed by atoms with van der Waals surface area (Å²) in [5.74, 6) is 0.473. The summed E-state index contributed by atoms with van der Waals surface area (Å²) >= 11 is 0. The van der Waals surface area contributed by atoms with Gasteiger partial charge in [0.1, 0.15) is 0 Å². The number of aryl methyl sites for hydroxylation is 2. The maximum absolute atomic E-state index is 5.90. The molecule has 0 fully saturated rings. The monoisotopic (exact) mass is 273 g/mol. The maximum Gasteiger partial charge on any atom is 0.193 e. The average molecular weight is 273 g/mol. The zero-order valence-electron chi connectivity index (χ0n) is 12.3. The number of nitrogens with zero attached hydrogens (tertiary/aromatic N) is 1. The Hall–Kier alpha value is -1.81. The predicted molar refractivity (Wildman–Crippen MR) is 84.2 cm³/mol. The van der Waals surface area contributed by atoms with E-state index in [0.717, 1.165) is 38.3 Å². The van der Waals surface area contributed by atoms with E-state index < -0.39 is 0 Å². The van der Waals surface area contributed by atoms with Gasteiger partial charge in [-0.25, -0.2) is 0 Å². The van der Waals surface area contributed by atoms with Crippen molar-refractivity contribution in [3.05, 3.63) is 41.0 Å². The summed E-state index contributed by atoms with van der Waals surface area (Å²) in [5, 5.41) is 3.13. The number of nitrogens with two attached hydrogens (primary N) is 1. The van der Waals surface area contributed by atoms with Gasteiger partial charge in [-0.2, -0.15) is 0 Å². The van der Waals surface area contributed by atoms with Crippen molar-refractivity contribution in [2.24, 2.45) is 10.7 Å². The van der Waals surface area contributed by atoms with Crippen molar-refractivity contribution in [3.63, 3.8) is 0 Å². The molecule has 0 aromatic heterocycles. The molecule has 4 heteroatoms. The summed E-state index contributed by atoms with van der Waals surface area (Å²) in [4.78, 5) is 4.37. The zero-order chi connectivity index (χ0) is 14.4. The summed E-state index contributed by atoms with van der Waals surface area (Å²) in [6, 6.07) is 6.18. The van der Waals surface area contributed by atoms with Crippen molar-refractivity contribution in [2.45, 2.75) is 26.7 Å². The molecule has 0 unspecified atom stereocenters. The fourth-order valence-electron chi connectivity index (χ4n) is 2.12. The standard InChI is InChI=1S/C16H23N3O/c1-12-3-4-15(11-13(12)2)19-16(17)18-8-5-14-6-9-20-10-7-14/h3-4,6,11H,5,7-10H2,1-2H3,(H3,17,18,19). The number of nitrogens with one attached hydrogen (secondary N) is 1. The number of ether oxygens (including phenoxy) is 1. The van der Waals surface area contributed by atoms with E-state index in [9.17, 15) is 0 Å². The first-order valence-electron chi connectivity index (χ1n) is 7.05. The summed E-state index contributed by atoms with van der Waals surface area (Å²) in [6.07, 6.45) is 4.12. The van der Waals surface area contributed by atoms with Crippen molar-refractivity contribution in [1.82, 2.24) is 0 Å². The molecule has 3 N–H and O–H groups in total. The molecule has 0 bridgehead atoms. The molecule has 0 radical (unpaired) electrons. The Morgan fingerprint density at radius 3 is 2.90 bits per heavy atom. The second kappa shape index (κ2) is 7.10. The smallest absolute Gasteiger partial charge is 0.193 e. The molecule has 108 valence electrons. The molecule has 1 heterocycles. The molecule has 0 saturated heterocycles. The first-order valence-corrected chi connectivity index (χ1v) is 7.05. The van der Waals surface area contributed by atoms with Gasteiger partial charge in [0, 0.05) is 12.2 Å².